The molecule has 1 aliphatic heterocycles. The van der Waals surface area contributed by atoms with Crippen molar-refractivity contribution in [3.8, 4) is 11.5 Å². The van der Waals surface area contributed by atoms with Crippen LogP contribution >= 0.6 is 0 Å². The van der Waals surface area contributed by atoms with Gasteiger partial charge in [-0.05, 0) is 24.3 Å². The number of hydrogen-bond donors (Lipinski definition) is 0. The molecule has 27 heavy (non-hydrogen) atoms. The number of rotatable bonds is 5. The molecule has 0 spiro atoms. The number of nitrogens with zero attached hydrogens (tertiary/aromatic N) is 3. The van der Waals surface area contributed by atoms with E-state index in [1.165, 1.54) is 24.5 Å². The molecule has 1 aliphatic rings. The van der Waals surface area contributed by atoms with Crippen LogP contribution in [0, 0.1) is 0 Å². The first-order chi connectivity index (χ1) is 12.8. The number of hydrogen-bond acceptors (Lipinski definition) is 6. The van der Waals surface area contributed by atoms with Gasteiger partial charge in [0.25, 0.3) is 0 Å². The molecule has 144 valence electrons. The van der Waals surface area contributed by atoms with E-state index >= 15 is 0 Å². The number of ether oxygens (including phenoxy) is 2. The maximum atomic E-state index is 14.5. The van der Waals surface area contributed by atoms with Gasteiger partial charge < -0.3 is 14.4 Å². The fraction of sp³-hybridized carbons (Fsp3) is 0.353. The molecule has 1 aromatic carbocycles. The molecule has 0 bridgehead atoms. The third kappa shape index (κ3) is 5.05. The van der Waals surface area contributed by atoms with Crippen LogP contribution in [0.25, 0.3) is 0 Å². The maximum Gasteiger partial charge on any atom is 0.573 e. The van der Waals surface area contributed by atoms with Crippen LogP contribution in [-0.4, -0.2) is 48.0 Å². The number of piperidine rings is 1. The Hall–Kier alpha value is -2.91. The quantitative estimate of drug-likeness (QED) is 0.582. The van der Waals surface area contributed by atoms with Gasteiger partial charge in [-0.1, -0.05) is 0 Å². The van der Waals surface area contributed by atoms with Crippen LogP contribution < -0.4 is 14.4 Å². The van der Waals surface area contributed by atoms with Gasteiger partial charge in [-0.2, -0.15) is 0 Å². The molecule has 2 aromatic rings. The Morgan fingerprint density at radius 1 is 1.11 bits per heavy atom. The highest BCUT2D eigenvalue weighted by molar-refractivity contribution is 5.73. The average Bonchev–Trinajstić information content (AvgIpc) is 2.64. The van der Waals surface area contributed by atoms with Crippen molar-refractivity contribution >= 4 is 12.2 Å². The lowest BCUT2D eigenvalue weighted by molar-refractivity contribution is -0.274. The van der Waals surface area contributed by atoms with Crippen LogP contribution in [0.4, 0.5) is 23.5 Å². The Kier molecular flexibility index (Phi) is 5.43. The van der Waals surface area contributed by atoms with Crippen LogP contribution in [-0.2, 0) is 0 Å². The van der Waals surface area contributed by atoms with E-state index in [4.69, 9.17) is 4.74 Å². The number of carbonyl (C=O) groups is 1. The van der Waals surface area contributed by atoms with E-state index in [0.29, 0.717) is 30.8 Å². The first-order valence-electron chi connectivity index (χ1n) is 8.03. The van der Waals surface area contributed by atoms with E-state index in [1.807, 2.05) is 0 Å². The van der Waals surface area contributed by atoms with E-state index in [2.05, 4.69) is 14.7 Å². The van der Waals surface area contributed by atoms with Crippen molar-refractivity contribution in [1.29, 1.82) is 0 Å². The second-order valence-electron chi connectivity index (χ2n) is 5.86. The van der Waals surface area contributed by atoms with Gasteiger partial charge in [-0.3, -0.25) is 4.79 Å². The van der Waals surface area contributed by atoms with Crippen molar-refractivity contribution in [2.24, 2.45) is 0 Å². The minimum atomic E-state index is -4.77. The molecule has 0 saturated carbocycles. The Morgan fingerprint density at radius 3 is 2.30 bits per heavy atom. The van der Waals surface area contributed by atoms with Crippen molar-refractivity contribution in [2.75, 3.05) is 18.0 Å². The monoisotopic (exact) mass is 385 g/mol. The average molecular weight is 385 g/mol. The van der Waals surface area contributed by atoms with Crippen molar-refractivity contribution < 1.29 is 31.8 Å². The molecule has 0 N–H and O–H groups in total. The third-order valence-electron chi connectivity index (χ3n) is 3.90. The van der Waals surface area contributed by atoms with Crippen molar-refractivity contribution in [2.45, 2.75) is 25.1 Å². The zero-order chi connectivity index (χ0) is 19.4. The molecule has 0 aliphatic carbocycles. The zero-order valence-electron chi connectivity index (χ0n) is 13.9. The summed E-state index contributed by atoms with van der Waals surface area (Å²) in [6.07, 6.45) is -3.20. The van der Waals surface area contributed by atoms with E-state index in [1.54, 1.807) is 4.90 Å². The first-order valence-corrected chi connectivity index (χ1v) is 8.03. The summed E-state index contributed by atoms with van der Waals surface area (Å²) in [6, 6.07) is 4.80. The van der Waals surface area contributed by atoms with E-state index in [9.17, 15) is 22.4 Å². The topological polar surface area (TPSA) is 64.6 Å². The maximum absolute atomic E-state index is 14.5. The van der Waals surface area contributed by atoms with Crippen LogP contribution in [0.5, 0.6) is 11.5 Å². The van der Waals surface area contributed by atoms with Gasteiger partial charge in [0.1, 0.15) is 17.6 Å². The minimum absolute atomic E-state index is 0.000368. The molecular formula is C17H15F4N3O3. The summed E-state index contributed by atoms with van der Waals surface area (Å²) in [6.45, 7) is 0.432. The summed E-state index contributed by atoms with van der Waals surface area (Å²) in [5.74, 6) is 0.185. The van der Waals surface area contributed by atoms with Gasteiger partial charge >= 0.3 is 6.36 Å². The molecule has 1 fully saturated rings. The van der Waals surface area contributed by atoms with Crippen LogP contribution in [0.2, 0.25) is 0 Å². The van der Waals surface area contributed by atoms with E-state index < -0.39 is 18.6 Å². The molecule has 3 rings (SSSR count). The highest BCUT2D eigenvalue weighted by atomic mass is 19.4. The molecule has 2 heterocycles. The largest absolute Gasteiger partial charge is 0.573 e. The number of anilines is 1. The molecule has 0 radical (unpaired) electrons. The summed E-state index contributed by atoms with van der Waals surface area (Å²) < 4.78 is 60.2. The van der Waals surface area contributed by atoms with Gasteiger partial charge in [-0.15, -0.1) is 13.2 Å². The van der Waals surface area contributed by atoms with Crippen molar-refractivity contribution in [3.63, 3.8) is 0 Å². The van der Waals surface area contributed by atoms with E-state index in [0.717, 1.165) is 12.1 Å². The summed E-state index contributed by atoms with van der Waals surface area (Å²) in [5.41, 5.74) is 0.326. The lowest BCUT2D eigenvalue weighted by atomic mass is 10.1. The van der Waals surface area contributed by atoms with Crippen LogP contribution in [0.3, 0.4) is 0 Å². The van der Waals surface area contributed by atoms with Crippen LogP contribution in [0.1, 0.15) is 16.8 Å². The molecule has 10 heteroatoms. The molecule has 1 saturated heterocycles. The molecular weight excluding hydrogens is 370 g/mol. The number of aldehydes is 1. The van der Waals surface area contributed by atoms with E-state index in [-0.39, 0.29) is 18.0 Å². The Balaban J connectivity index is 1.57. The predicted octanol–water partition coefficient (Wildman–Crippen LogP) is 3.18. The predicted molar refractivity (Wildman–Crippen MR) is 86.7 cm³/mol. The standard InChI is InChI=1S/C17H15F4N3O3/c18-14-9-24(16-22-7-11(10-25)8-23-16)6-5-15(14)26-12-1-3-13(4-2-12)27-17(19,20)21/h1-4,7-8,10,14-15H,5-6,9H2. The zero-order valence-corrected chi connectivity index (χ0v) is 13.9. The molecule has 2 unspecified atom stereocenters. The summed E-state index contributed by atoms with van der Waals surface area (Å²) >= 11 is 0. The number of benzene rings is 1. The van der Waals surface area contributed by atoms with Gasteiger partial charge in [0.2, 0.25) is 5.95 Å². The second-order valence-corrected chi connectivity index (χ2v) is 5.86. The molecule has 1 aromatic heterocycles. The first kappa shape index (κ1) is 18.9. The number of aromatic nitrogens is 2. The number of halogens is 4. The van der Waals surface area contributed by atoms with Crippen molar-refractivity contribution in [3.05, 3.63) is 42.2 Å². The highest BCUT2D eigenvalue weighted by Gasteiger charge is 2.33. The molecule has 2 atom stereocenters. The highest BCUT2D eigenvalue weighted by Crippen LogP contribution is 2.27. The lowest BCUT2D eigenvalue weighted by Crippen LogP contribution is -2.47. The summed E-state index contributed by atoms with van der Waals surface area (Å²) in [4.78, 5) is 20.3. The summed E-state index contributed by atoms with van der Waals surface area (Å²) in [7, 11) is 0. The van der Waals surface area contributed by atoms with Gasteiger partial charge in [0.15, 0.2) is 12.5 Å². The van der Waals surface area contributed by atoms with Gasteiger partial charge in [0, 0.05) is 25.4 Å². The fourth-order valence-corrected chi connectivity index (χ4v) is 2.65. The smallest absolute Gasteiger partial charge is 0.487 e. The lowest BCUT2D eigenvalue weighted by Gasteiger charge is -2.34. The second kappa shape index (κ2) is 7.77. The van der Waals surface area contributed by atoms with Crippen LogP contribution in [0.15, 0.2) is 36.7 Å². The fourth-order valence-electron chi connectivity index (χ4n) is 2.65. The molecule has 6 nitrogen and oxygen atoms in total. The third-order valence-corrected chi connectivity index (χ3v) is 3.90. The number of carbonyl (C=O) groups excluding carboxylic acids is 1. The minimum Gasteiger partial charge on any atom is -0.487 e. The Labute approximate surface area is 151 Å². The summed E-state index contributed by atoms with van der Waals surface area (Å²) in [5, 5.41) is 0. The normalized spacial score (nSPS) is 20.2. The Bertz CT molecular complexity index is 768. The van der Waals surface area contributed by atoms with Gasteiger partial charge in [-0.25, -0.2) is 14.4 Å². The Morgan fingerprint density at radius 2 is 1.74 bits per heavy atom. The number of alkyl halides is 4. The van der Waals surface area contributed by atoms with Gasteiger partial charge in [0.05, 0.1) is 12.1 Å². The SMILES string of the molecule is O=Cc1cnc(N2CCC(Oc3ccc(OC(F)(F)F)cc3)C(F)C2)nc1. The van der Waals surface area contributed by atoms with Crippen molar-refractivity contribution in [1.82, 2.24) is 9.97 Å². The molecule has 0 amide bonds.